The minimum absolute atomic E-state index is 0.00165. The zero-order chi connectivity index (χ0) is 17.9. The molecule has 0 aromatic carbocycles. The van der Waals surface area contributed by atoms with Crippen molar-refractivity contribution in [1.29, 1.82) is 0 Å². The lowest BCUT2D eigenvalue weighted by Gasteiger charge is -2.34. The van der Waals surface area contributed by atoms with Crippen LogP contribution in [-0.2, 0) is 21.4 Å². The molecule has 1 saturated heterocycles. The van der Waals surface area contributed by atoms with Crippen molar-refractivity contribution in [3.05, 3.63) is 17.3 Å². The summed E-state index contributed by atoms with van der Waals surface area (Å²) < 4.78 is 10.8. The van der Waals surface area contributed by atoms with Gasteiger partial charge in [0.2, 0.25) is 5.91 Å². The van der Waals surface area contributed by atoms with E-state index in [4.69, 9.17) is 9.15 Å². The van der Waals surface area contributed by atoms with Crippen LogP contribution >= 0.6 is 0 Å². The van der Waals surface area contributed by atoms with Gasteiger partial charge < -0.3 is 19.0 Å². The molecule has 1 aliphatic heterocycles. The van der Waals surface area contributed by atoms with E-state index in [0.29, 0.717) is 44.4 Å². The second kappa shape index (κ2) is 7.23. The molecular weight excluding hydrogens is 310 g/mol. The summed E-state index contributed by atoms with van der Waals surface area (Å²) in [5.74, 6) is 1.27. The van der Waals surface area contributed by atoms with Gasteiger partial charge in [-0.3, -0.25) is 4.79 Å². The standard InChI is InChI=1S/C17H27N3O4/c1-6-23-16(22)20-9-7-19(8-10-20)14(21)11-13-12(2)18-15(24-13)17(3,4)5/h6-11H2,1-5H3. The minimum atomic E-state index is -0.314. The first-order valence-corrected chi connectivity index (χ1v) is 8.38. The van der Waals surface area contributed by atoms with E-state index in [-0.39, 0.29) is 23.8 Å². The van der Waals surface area contributed by atoms with Gasteiger partial charge in [-0.2, -0.15) is 0 Å². The summed E-state index contributed by atoms with van der Waals surface area (Å²) in [6.07, 6.45) is -0.112. The Hall–Kier alpha value is -2.05. The molecule has 0 spiro atoms. The number of amides is 2. The van der Waals surface area contributed by atoms with Gasteiger partial charge in [0.1, 0.15) is 5.76 Å². The average Bonchev–Trinajstić information content (AvgIpc) is 2.89. The predicted octanol–water partition coefficient (Wildman–Crippen LogP) is 2.12. The molecule has 0 bridgehead atoms. The number of hydrogen-bond donors (Lipinski definition) is 0. The highest BCUT2D eigenvalue weighted by Crippen LogP contribution is 2.24. The number of piperazine rings is 1. The van der Waals surface area contributed by atoms with E-state index in [2.05, 4.69) is 4.98 Å². The molecule has 7 nitrogen and oxygen atoms in total. The fourth-order valence-electron chi connectivity index (χ4n) is 2.52. The number of aryl methyl sites for hydroxylation is 1. The first-order valence-electron chi connectivity index (χ1n) is 8.38. The highest BCUT2D eigenvalue weighted by molar-refractivity contribution is 5.79. The van der Waals surface area contributed by atoms with E-state index in [1.807, 2.05) is 27.7 Å². The van der Waals surface area contributed by atoms with Gasteiger partial charge in [-0.05, 0) is 13.8 Å². The van der Waals surface area contributed by atoms with Crippen LogP contribution in [0.4, 0.5) is 4.79 Å². The number of oxazole rings is 1. The number of nitrogens with zero attached hydrogens (tertiary/aromatic N) is 3. The normalized spacial score (nSPS) is 15.5. The van der Waals surface area contributed by atoms with Crippen molar-refractivity contribution in [1.82, 2.24) is 14.8 Å². The van der Waals surface area contributed by atoms with Crippen LogP contribution in [0.3, 0.4) is 0 Å². The lowest BCUT2D eigenvalue weighted by molar-refractivity contribution is -0.132. The summed E-state index contributed by atoms with van der Waals surface area (Å²) in [7, 11) is 0. The van der Waals surface area contributed by atoms with Crippen LogP contribution in [-0.4, -0.2) is 59.6 Å². The van der Waals surface area contributed by atoms with Gasteiger partial charge in [-0.15, -0.1) is 0 Å². The lowest BCUT2D eigenvalue weighted by Crippen LogP contribution is -2.51. The van der Waals surface area contributed by atoms with E-state index in [1.54, 1.807) is 16.7 Å². The van der Waals surface area contributed by atoms with E-state index >= 15 is 0 Å². The largest absolute Gasteiger partial charge is 0.450 e. The quantitative estimate of drug-likeness (QED) is 0.844. The van der Waals surface area contributed by atoms with E-state index in [9.17, 15) is 9.59 Å². The number of carbonyl (C=O) groups is 2. The van der Waals surface area contributed by atoms with Crippen LogP contribution < -0.4 is 0 Å². The van der Waals surface area contributed by atoms with Crippen LogP contribution in [0.1, 0.15) is 45.0 Å². The Balaban J connectivity index is 1.93. The average molecular weight is 337 g/mol. The molecule has 1 aromatic rings. The van der Waals surface area contributed by atoms with Crippen molar-refractivity contribution < 1.29 is 18.7 Å². The van der Waals surface area contributed by atoms with Gasteiger partial charge in [0, 0.05) is 31.6 Å². The Labute approximate surface area is 143 Å². The fraction of sp³-hybridized carbons (Fsp3) is 0.706. The van der Waals surface area contributed by atoms with Crippen molar-refractivity contribution in [2.75, 3.05) is 32.8 Å². The highest BCUT2D eigenvalue weighted by atomic mass is 16.6. The van der Waals surface area contributed by atoms with Crippen LogP contribution in [0.5, 0.6) is 0 Å². The van der Waals surface area contributed by atoms with E-state index in [0.717, 1.165) is 5.69 Å². The molecule has 1 aromatic heterocycles. The van der Waals surface area contributed by atoms with Crippen molar-refractivity contribution in [2.24, 2.45) is 0 Å². The maximum atomic E-state index is 12.5. The summed E-state index contributed by atoms with van der Waals surface area (Å²) in [5.41, 5.74) is 0.579. The van der Waals surface area contributed by atoms with Crippen molar-refractivity contribution >= 4 is 12.0 Å². The van der Waals surface area contributed by atoms with Crippen LogP contribution in [0.15, 0.2) is 4.42 Å². The molecule has 0 N–H and O–H groups in total. The number of rotatable bonds is 3. The van der Waals surface area contributed by atoms with Gasteiger partial charge in [-0.25, -0.2) is 9.78 Å². The van der Waals surface area contributed by atoms with Gasteiger partial charge in [-0.1, -0.05) is 20.8 Å². The topological polar surface area (TPSA) is 75.9 Å². The van der Waals surface area contributed by atoms with Gasteiger partial charge in [0.15, 0.2) is 5.89 Å². The van der Waals surface area contributed by atoms with Gasteiger partial charge in [0.25, 0.3) is 0 Å². The molecule has 134 valence electrons. The molecule has 0 radical (unpaired) electrons. The Morgan fingerprint density at radius 1 is 1.17 bits per heavy atom. The Kier molecular flexibility index (Phi) is 5.51. The fourth-order valence-corrected chi connectivity index (χ4v) is 2.52. The molecule has 0 unspecified atom stereocenters. The van der Waals surface area contributed by atoms with Crippen molar-refractivity contribution in [2.45, 2.75) is 46.5 Å². The third-order valence-electron chi connectivity index (χ3n) is 4.00. The zero-order valence-corrected chi connectivity index (χ0v) is 15.2. The smallest absolute Gasteiger partial charge is 0.409 e. The molecule has 2 rings (SSSR count). The third-order valence-corrected chi connectivity index (χ3v) is 4.00. The number of carbonyl (C=O) groups excluding carboxylic acids is 2. The van der Waals surface area contributed by atoms with Crippen LogP contribution in [0.25, 0.3) is 0 Å². The van der Waals surface area contributed by atoms with Gasteiger partial charge >= 0.3 is 6.09 Å². The van der Waals surface area contributed by atoms with Gasteiger partial charge in [0.05, 0.1) is 18.7 Å². The third kappa shape index (κ3) is 4.27. The van der Waals surface area contributed by atoms with Crippen molar-refractivity contribution in [3.8, 4) is 0 Å². The highest BCUT2D eigenvalue weighted by Gasteiger charge is 2.27. The summed E-state index contributed by atoms with van der Waals surface area (Å²) in [6.45, 7) is 12.1. The molecule has 0 aliphatic carbocycles. The molecule has 7 heteroatoms. The number of aromatic nitrogens is 1. The molecule has 0 atom stereocenters. The van der Waals surface area contributed by atoms with E-state index < -0.39 is 0 Å². The molecule has 24 heavy (non-hydrogen) atoms. The molecule has 2 heterocycles. The minimum Gasteiger partial charge on any atom is -0.450 e. The monoisotopic (exact) mass is 337 g/mol. The first kappa shape index (κ1) is 18.3. The number of ether oxygens (including phenoxy) is 1. The molecule has 1 fully saturated rings. The van der Waals surface area contributed by atoms with Crippen molar-refractivity contribution in [3.63, 3.8) is 0 Å². The zero-order valence-electron chi connectivity index (χ0n) is 15.2. The lowest BCUT2D eigenvalue weighted by atomic mass is 9.97. The predicted molar refractivity (Wildman–Crippen MR) is 88.8 cm³/mol. The SMILES string of the molecule is CCOC(=O)N1CCN(C(=O)Cc2oc(C(C)(C)C)nc2C)CC1. The second-order valence-electron chi connectivity index (χ2n) is 7.02. The summed E-state index contributed by atoms with van der Waals surface area (Å²) in [5, 5.41) is 0. The van der Waals surface area contributed by atoms with Crippen LogP contribution in [0.2, 0.25) is 0 Å². The Morgan fingerprint density at radius 2 is 1.75 bits per heavy atom. The molecular formula is C17H27N3O4. The van der Waals surface area contributed by atoms with Crippen LogP contribution in [0, 0.1) is 6.92 Å². The first-order chi connectivity index (χ1) is 11.2. The summed E-state index contributed by atoms with van der Waals surface area (Å²) in [6, 6.07) is 0. The Bertz CT molecular complexity index is 595. The second-order valence-corrected chi connectivity index (χ2v) is 7.02. The summed E-state index contributed by atoms with van der Waals surface area (Å²) >= 11 is 0. The number of hydrogen-bond acceptors (Lipinski definition) is 5. The van der Waals surface area contributed by atoms with E-state index in [1.165, 1.54) is 0 Å². The summed E-state index contributed by atoms with van der Waals surface area (Å²) in [4.78, 5) is 32.0. The Morgan fingerprint density at radius 3 is 2.25 bits per heavy atom. The molecule has 0 saturated carbocycles. The molecule has 2 amide bonds. The maximum absolute atomic E-state index is 12.5. The molecule has 1 aliphatic rings. The maximum Gasteiger partial charge on any atom is 0.409 e.